The molecule has 0 atom stereocenters. The van der Waals surface area contributed by atoms with Crippen molar-refractivity contribution in [3.05, 3.63) is 35.9 Å². The van der Waals surface area contributed by atoms with E-state index in [4.69, 9.17) is 5.21 Å². The topological polar surface area (TPSA) is 32.6 Å². The summed E-state index contributed by atoms with van der Waals surface area (Å²) in [6.07, 6.45) is 1.54. The zero-order chi connectivity index (χ0) is 8.81. The molecule has 0 fully saturated rings. The fourth-order valence-electron chi connectivity index (χ4n) is 1.06. The molecule has 0 amide bonds. The van der Waals surface area contributed by atoms with Crippen LogP contribution >= 0.6 is 0 Å². The van der Waals surface area contributed by atoms with Crippen molar-refractivity contribution < 1.29 is 5.21 Å². The van der Waals surface area contributed by atoms with Gasteiger partial charge in [-0.15, -0.1) is 0 Å². The molecular formula is C10H13NO. The van der Waals surface area contributed by atoms with Gasteiger partial charge in [0.25, 0.3) is 0 Å². The molecule has 0 radical (unpaired) electrons. The first kappa shape index (κ1) is 8.78. The fourth-order valence-corrected chi connectivity index (χ4v) is 1.06. The third-order valence-corrected chi connectivity index (χ3v) is 1.80. The molecule has 12 heavy (non-hydrogen) atoms. The second-order valence-electron chi connectivity index (χ2n) is 2.68. The first-order valence-corrected chi connectivity index (χ1v) is 4.10. The molecule has 64 valence electrons. The van der Waals surface area contributed by atoms with Crippen LogP contribution in [0.5, 0.6) is 0 Å². The zero-order valence-corrected chi connectivity index (χ0v) is 7.20. The van der Waals surface area contributed by atoms with Gasteiger partial charge in [0.1, 0.15) is 0 Å². The third kappa shape index (κ3) is 2.38. The Morgan fingerprint density at radius 2 is 2.00 bits per heavy atom. The molecule has 1 rings (SSSR count). The van der Waals surface area contributed by atoms with E-state index < -0.39 is 0 Å². The van der Waals surface area contributed by atoms with Crippen molar-refractivity contribution in [1.82, 2.24) is 0 Å². The summed E-state index contributed by atoms with van der Waals surface area (Å²) in [6.45, 7) is 1.98. The number of rotatable bonds is 3. The summed E-state index contributed by atoms with van der Waals surface area (Å²) in [7, 11) is 0. The van der Waals surface area contributed by atoms with Crippen LogP contribution in [0.15, 0.2) is 35.5 Å². The van der Waals surface area contributed by atoms with E-state index in [1.54, 1.807) is 0 Å². The number of hydrogen-bond acceptors (Lipinski definition) is 2. The van der Waals surface area contributed by atoms with Crippen LogP contribution in [0.25, 0.3) is 0 Å². The van der Waals surface area contributed by atoms with Crippen LogP contribution in [-0.2, 0) is 6.42 Å². The second kappa shape index (κ2) is 4.54. The summed E-state index contributed by atoms with van der Waals surface area (Å²) in [4.78, 5) is 0. The normalized spacial score (nSPS) is 11.6. The van der Waals surface area contributed by atoms with Crippen LogP contribution < -0.4 is 0 Å². The molecule has 1 aromatic carbocycles. The van der Waals surface area contributed by atoms with Crippen LogP contribution in [-0.4, -0.2) is 10.9 Å². The molecule has 0 saturated heterocycles. The molecule has 1 aromatic rings. The summed E-state index contributed by atoms with van der Waals surface area (Å²) in [6, 6.07) is 10.0. The molecule has 0 spiro atoms. The zero-order valence-electron chi connectivity index (χ0n) is 7.20. The summed E-state index contributed by atoms with van der Waals surface area (Å²) < 4.78 is 0. The molecule has 0 unspecified atom stereocenters. The predicted octanol–water partition coefficient (Wildman–Crippen LogP) is 2.47. The summed E-state index contributed by atoms with van der Waals surface area (Å²) in [5.74, 6) is 0. The molecular weight excluding hydrogens is 150 g/mol. The van der Waals surface area contributed by atoms with Crippen LogP contribution in [0.2, 0.25) is 0 Å². The SMILES string of the molecule is CC/C(Cc1ccccc1)=N/O. The van der Waals surface area contributed by atoms with Gasteiger partial charge in [-0.2, -0.15) is 0 Å². The summed E-state index contributed by atoms with van der Waals surface area (Å²) >= 11 is 0. The van der Waals surface area contributed by atoms with Gasteiger partial charge in [-0.3, -0.25) is 0 Å². The molecule has 1 N–H and O–H groups in total. The van der Waals surface area contributed by atoms with E-state index in [0.717, 1.165) is 18.6 Å². The van der Waals surface area contributed by atoms with Crippen LogP contribution in [0.1, 0.15) is 18.9 Å². The minimum absolute atomic E-state index is 0.744. The van der Waals surface area contributed by atoms with E-state index in [-0.39, 0.29) is 0 Å². The highest BCUT2D eigenvalue weighted by Gasteiger charge is 1.97. The van der Waals surface area contributed by atoms with E-state index in [1.807, 2.05) is 37.3 Å². The van der Waals surface area contributed by atoms with Crippen molar-refractivity contribution in [2.75, 3.05) is 0 Å². The Balaban J connectivity index is 2.64. The van der Waals surface area contributed by atoms with Crippen molar-refractivity contribution in [3.63, 3.8) is 0 Å². The lowest BCUT2D eigenvalue weighted by Gasteiger charge is -2.00. The van der Waals surface area contributed by atoms with Crippen LogP contribution in [0.3, 0.4) is 0 Å². The van der Waals surface area contributed by atoms with Crippen LogP contribution in [0.4, 0.5) is 0 Å². The summed E-state index contributed by atoms with van der Waals surface area (Å²) in [5.41, 5.74) is 2.01. The maximum Gasteiger partial charge on any atom is 0.0611 e. The molecule has 0 heterocycles. The lowest BCUT2D eigenvalue weighted by molar-refractivity contribution is 0.317. The minimum Gasteiger partial charge on any atom is -0.411 e. The molecule has 2 heteroatoms. The summed E-state index contributed by atoms with van der Waals surface area (Å²) in [5, 5.41) is 11.8. The van der Waals surface area contributed by atoms with Crippen LogP contribution in [0, 0.1) is 0 Å². The Labute approximate surface area is 72.5 Å². The van der Waals surface area contributed by atoms with Gasteiger partial charge < -0.3 is 5.21 Å². The molecule has 0 aliphatic carbocycles. The highest BCUT2D eigenvalue weighted by Crippen LogP contribution is 2.02. The smallest absolute Gasteiger partial charge is 0.0611 e. The van der Waals surface area contributed by atoms with E-state index in [1.165, 1.54) is 5.56 Å². The Morgan fingerprint density at radius 1 is 1.33 bits per heavy atom. The average molecular weight is 163 g/mol. The first-order valence-electron chi connectivity index (χ1n) is 4.10. The van der Waals surface area contributed by atoms with Crippen molar-refractivity contribution in [2.45, 2.75) is 19.8 Å². The fraction of sp³-hybridized carbons (Fsp3) is 0.300. The monoisotopic (exact) mass is 163 g/mol. The maximum atomic E-state index is 8.58. The van der Waals surface area contributed by atoms with E-state index in [0.29, 0.717) is 0 Å². The predicted molar refractivity (Wildman–Crippen MR) is 49.7 cm³/mol. The van der Waals surface area contributed by atoms with Gasteiger partial charge in [0, 0.05) is 6.42 Å². The average Bonchev–Trinajstić information content (AvgIpc) is 2.16. The van der Waals surface area contributed by atoms with Crippen molar-refractivity contribution >= 4 is 5.71 Å². The van der Waals surface area contributed by atoms with Gasteiger partial charge in [-0.25, -0.2) is 0 Å². The number of benzene rings is 1. The van der Waals surface area contributed by atoms with Gasteiger partial charge in [0.15, 0.2) is 0 Å². The van der Waals surface area contributed by atoms with Crippen molar-refractivity contribution in [2.24, 2.45) is 5.16 Å². The number of hydrogen-bond donors (Lipinski definition) is 1. The number of nitrogens with zero attached hydrogens (tertiary/aromatic N) is 1. The molecule has 0 saturated carbocycles. The van der Waals surface area contributed by atoms with E-state index in [9.17, 15) is 0 Å². The van der Waals surface area contributed by atoms with Gasteiger partial charge >= 0.3 is 0 Å². The number of oxime groups is 1. The Kier molecular flexibility index (Phi) is 3.33. The highest BCUT2D eigenvalue weighted by atomic mass is 16.4. The standard InChI is InChI=1S/C10H13NO/c1-2-10(11-12)8-9-6-4-3-5-7-9/h3-7,12H,2,8H2,1H3/b11-10-. The van der Waals surface area contributed by atoms with Gasteiger partial charge in [-0.1, -0.05) is 42.4 Å². The lowest BCUT2D eigenvalue weighted by atomic mass is 10.1. The minimum atomic E-state index is 0.744. The maximum absolute atomic E-state index is 8.58. The van der Waals surface area contributed by atoms with Gasteiger partial charge in [0.2, 0.25) is 0 Å². The van der Waals surface area contributed by atoms with E-state index >= 15 is 0 Å². The lowest BCUT2D eigenvalue weighted by Crippen LogP contribution is -2.00. The molecule has 0 aliphatic heterocycles. The molecule has 0 bridgehead atoms. The Bertz CT molecular complexity index is 254. The Morgan fingerprint density at radius 3 is 2.50 bits per heavy atom. The van der Waals surface area contributed by atoms with E-state index in [2.05, 4.69) is 5.16 Å². The Hall–Kier alpha value is -1.31. The van der Waals surface area contributed by atoms with Crippen molar-refractivity contribution in [1.29, 1.82) is 0 Å². The molecule has 2 nitrogen and oxygen atoms in total. The second-order valence-corrected chi connectivity index (χ2v) is 2.68. The third-order valence-electron chi connectivity index (χ3n) is 1.80. The highest BCUT2D eigenvalue weighted by molar-refractivity contribution is 5.85. The van der Waals surface area contributed by atoms with Crippen molar-refractivity contribution in [3.8, 4) is 0 Å². The largest absolute Gasteiger partial charge is 0.411 e. The molecule has 0 aromatic heterocycles. The van der Waals surface area contributed by atoms with Gasteiger partial charge in [-0.05, 0) is 12.0 Å². The molecule has 0 aliphatic rings. The first-order chi connectivity index (χ1) is 5.86. The van der Waals surface area contributed by atoms with Gasteiger partial charge in [0.05, 0.1) is 5.71 Å². The quantitative estimate of drug-likeness (QED) is 0.414.